The van der Waals surface area contributed by atoms with Gasteiger partial charge in [-0.05, 0) is 73.5 Å². The lowest BCUT2D eigenvalue weighted by molar-refractivity contribution is 1.12. The molecule has 0 fully saturated rings. The fourth-order valence-corrected chi connectivity index (χ4v) is 2.99. The molecule has 0 aliphatic heterocycles. The fraction of sp³-hybridized carbons (Fsp3) is 0.0909. The molecule has 0 radical (unpaired) electrons. The Morgan fingerprint density at radius 3 is 1.50 bits per heavy atom. The van der Waals surface area contributed by atoms with E-state index in [0.717, 1.165) is 45.3 Å². The number of rotatable bonds is 3. The molecule has 0 saturated carbocycles. The summed E-state index contributed by atoms with van der Waals surface area (Å²) in [7, 11) is 0. The van der Waals surface area contributed by atoms with Crippen LogP contribution >= 0.6 is 0 Å². The van der Waals surface area contributed by atoms with Crippen LogP contribution in [0.4, 0.5) is 0 Å². The van der Waals surface area contributed by atoms with Gasteiger partial charge in [0, 0.05) is 23.8 Å². The van der Waals surface area contributed by atoms with Gasteiger partial charge in [0.1, 0.15) is 0 Å². The van der Waals surface area contributed by atoms with Gasteiger partial charge in [-0.25, -0.2) is 4.98 Å². The molecule has 0 atom stereocenters. The van der Waals surface area contributed by atoms with Crippen LogP contribution in [-0.2, 0) is 0 Å². The molecule has 0 aromatic carbocycles. The lowest BCUT2D eigenvalue weighted by atomic mass is 10.0. The first-order valence-electron chi connectivity index (χ1n) is 8.49. The maximum Gasteiger partial charge on any atom is 0.0900 e. The van der Waals surface area contributed by atoms with Crippen molar-refractivity contribution in [1.29, 1.82) is 0 Å². The van der Waals surface area contributed by atoms with E-state index < -0.39 is 0 Å². The predicted octanol–water partition coefficient (Wildman–Crippen LogP) is 4.88. The largest absolute Gasteiger partial charge is 0.258 e. The van der Waals surface area contributed by atoms with Crippen LogP contribution in [0.25, 0.3) is 33.9 Å². The van der Waals surface area contributed by atoms with E-state index in [9.17, 15) is 0 Å². The van der Waals surface area contributed by atoms with Gasteiger partial charge in [-0.1, -0.05) is 12.1 Å². The van der Waals surface area contributed by atoms with E-state index in [1.807, 2.05) is 50.2 Å². The maximum atomic E-state index is 4.80. The summed E-state index contributed by atoms with van der Waals surface area (Å²) in [4.78, 5) is 18.2. The standard InChI is InChI=1S/C22H18N4/c1-15-11-17(12-16(2)25-15)18-13-21(19-7-3-5-9-23-19)26-22(14-18)20-8-4-6-10-24-20/h3-14H,1-2H3. The Morgan fingerprint density at radius 2 is 1.04 bits per heavy atom. The predicted molar refractivity (Wildman–Crippen MR) is 103 cm³/mol. The number of aryl methyl sites for hydroxylation is 2. The Kier molecular flexibility index (Phi) is 4.23. The summed E-state index contributed by atoms with van der Waals surface area (Å²) in [6.45, 7) is 4.02. The maximum absolute atomic E-state index is 4.80. The second kappa shape index (κ2) is 6.84. The van der Waals surface area contributed by atoms with Crippen molar-refractivity contribution >= 4 is 0 Å². The Hall–Kier alpha value is -3.40. The first kappa shape index (κ1) is 16.1. The van der Waals surface area contributed by atoms with Crippen molar-refractivity contribution in [3.63, 3.8) is 0 Å². The molecule has 0 spiro atoms. The normalized spacial score (nSPS) is 10.7. The summed E-state index contributed by atoms with van der Waals surface area (Å²) < 4.78 is 0. The quantitative estimate of drug-likeness (QED) is 0.534. The van der Waals surface area contributed by atoms with Crippen molar-refractivity contribution < 1.29 is 0 Å². The molecule has 0 amide bonds. The molecule has 0 saturated heterocycles. The molecule has 4 aromatic rings. The number of hydrogen-bond acceptors (Lipinski definition) is 4. The third-order valence-electron chi connectivity index (χ3n) is 4.09. The highest BCUT2D eigenvalue weighted by Gasteiger charge is 2.11. The summed E-state index contributed by atoms with van der Waals surface area (Å²) in [5.74, 6) is 0. The monoisotopic (exact) mass is 338 g/mol. The molecule has 0 unspecified atom stereocenters. The Morgan fingerprint density at radius 1 is 0.538 bits per heavy atom. The molecule has 4 aromatic heterocycles. The smallest absolute Gasteiger partial charge is 0.0900 e. The van der Waals surface area contributed by atoms with E-state index >= 15 is 0 Å². The van der Waals surface area contributed by atoms with Crippen LogP contribution in [0.15, 0.2) is 73.1 Å². The lowest BCUT2D eigenvalue weighted by Gasteiger charge is -2.10. The van der Waals surface area contributed by atoms with Crippen LogP contribution < -0.4 is 0 Å². The Bertz CT molecular complexity index is 966. The van der Waals surface area contributed by atoms with E-state index in [1.54, 1.807) is 12.4 Å². The summed E-state index contributed by atoms with van der Waals surface area (Å²) in [6.07, 6.45) is 3.57. The van der Waals surface area contributed by atoms with E-state index in [4.69, 9.17) is 4.98 Å². The molecular formula is C22H18N4. The first-order chi connectivity index (χ1) is 12.7. The van der Waals surface area contributed by atoms with Crippen LogP contribution in [0.1, 0.15) is 11.4 Å². The minimum absolute atomic E-state index is 0.830. The number of hydrogen-bond donors (Lipinski definition) is 0. The third-order valence-corrected chi connectivity index (χ3v) is 4.09. The van der Waals surface area contributed by atoms with Crippen molar-refractivity contribution in [1.82, 2.24) is 19.9 Å². The Balaban J connectivity index is 1.93. The van der Waals surface area contributed by atoms with Gasteiger partial charge in [-0.3, -0.25) is 15.0 Å². The SMILES string of the molecule is Cc1cc(-c2cc(-c3ccccn3)nc(-c3ccccn3)c2)cc(C)n1. The van der Waals surface area contributed by atoms with Crippen LogP contribution in [0, 0.1) is 13.8 Å². The average Bonchev–Trinajstić information content (AvgIpc) is 2.68. The van der Waals surface area contributed by atoms with Crippen molar-refractivity contribution in [3.05, 3.63) is 84.4 Å². The second-order valence-corrected chi connectivity index (χ2v) is 6.19. The molecule has 126 valence electrons. The highest BCUT2D eigenvalue weighted by Crippen LogP contribution is 2.29. The highest BCUT2D eigenvalue weighted by atomic mass is 14.8. The van der Waals surface area contributed by atoms with E-state index in [2.05, 4.69) is 39.2 Å². The zero-order chi connectivity index (χ0) is 17.9. The van der Waals surface area contributed by atoms with Gasteiger partial charge in [-0.2, -0.15) is 0 Å². The second-order valence-electron chi connectivity index (χ2n) is 6.19. The summed E-state index contributed by atoms with van der Waals surface area (Å²) >= 11 is 0. The molecule has 0 N–H and O–H groups in total. The van der Waals surface area contributed by atoms with Crippen LogP contribution in [0.3, 0.4) is 0 Å². The lowest BCUT2D eigenvalue weighted by Crippen LogP contribution is -1.95. The number of aromatic nitrogens is 4. The number of pyridine rings is 4. The molecule has 4 heteroatoms. The molecular weight excluding hydrogens is 320 g/mol. The minimum atomic E-state index is 0.830. The number of nitrogens with zero attached hydrogens (tertiary/aromatic N) is 4. The van der Waals surface area contributed by atoms with Crippen molar-refractivity contribution in [2.24, 2.45) is 0 Å². The Labute approximate surface area is 152 Å². The van der Waals surface area contributed by atoms with Crippen molar-refractivity contribution in [2.45, 2.75) is 13.8 Å². The molecule has 4 rings (SSSR count). The molecule has 0 aliphatic rings. The molecule has 4 nitrogen and oxygen atoms in total. The molecule has 0 bridgehead atoms. The fourth-order valence-electron chi connectivity index (χ4n) is 2.99. The van der Waals surface area contributed by atoms with Crippen LogP contribution in [-0.4, -0.2) is 19.9 Å². The van der Waals surface area contributed by atoms with Gasteiger partial charge in [-0.15, -0.1) is 0 Å². The molecule has 26 heavy (non-hydrogen) atoms. The molecule has 4 heterocycles. The topological polar surface area (TPSA) is 51.6 Å². The van der Waals surface area contributed by atoms with E-state index in [1.165, 1.54) is 0 Å². The molecule has 0 aliphatic carbocycles. The van der Waals surface area contributed by atoms with Gasteiger partial charge in [0.2, 0.25) is 0 Å². The van der Waals surface area contributed by atoms with Crippen molar-refractivity contribution in [3.8, 4) is 33.9 Å². The highest BCUT2D eigenvalue weighted by molar-refractivity contribution is 5.74. The third kappa shape index (κ3) is 3.35. The van der Waals surface area contributed by atoms with Crippen molar-refractivity contribution in [2.75, 3.05) is 0 Å². The summed E-state index contributed by atoms with van der Waals surface area (Å²) in [6, 6.07) is 20.0. The minimum Gasteiger partial charge on any atom is -0.258 e. The first-order valence-corrected chi connectivity index (χ1v) is 8.49. The average molecular weight is 338 g/mol. The summed E-state index contributed by atoms with van der Waals surface area (Å²) in [5, 5.41) is 0. The van der Waals surface area contributed by atoms with Gasteiger partial charge < -0.3 is 0 Å². The van der Waals surface area contributed by atoms with E-state index in [-0.39, 0.29) is 0 Å². The van der Waals surface area contributed by atoms with Crippen LogP contribution in [0.2, 0.25) is 0 Å². The van der Waals surface area contributed by atoms with E-state index in [0.29, 0.717) is 0 Å². The van der Waals surface area contributed by atoms with Gasteiger partial charge in [0.25, 0.3) is 0 Å². The van der Waals surface area contributed by atoms with Crippen LogP contribution in [0.5, 0.6) is 0 Å². The van der Waals surface area contributed by atoms with Gasteiger partial charge >= 0.3 is 0 Å². The summed E-state index contributed by atoms with van der Waals surface area (Å²) in [5.41, 5.74) is 7.53. The zero-order valence-electron chi connectivity index (χ0n) is 14.7. The van der Waals surface area contributed by atoms with Gasteiger partial charge in [0.15, 0.2) is 0 Å². The van der Waals surface area contributed by atoms with Gasteiger partial charge in [0.05, 0.1) is 22.8 Å². The zero-order valence-corrected chi connectivity index (χ0v) is 14.7.